The van der Waals surface area contributed by atoms with Gasteiger partial charge in [-0.05, 0) is 29.8 Å². The molecule has 0 heterocycles. The Hall–Kier alpha value is -3.03. The van der Waals surface area contributed by atoms with Crippen LogP contribution in [0.2, 0.25) is 0 Å². The second-order valence-electron chi connectivity index (χ2n) is 4.96. The summed E-state index contributed by atoms with van der Waals surface area (Å²) >= 11 is 0. The summed E-state index contributed by atoms with van der Waals surface area (Å²) in [5, 5.41) is 4.58. The Bertz CT molecular complexity index is 743. The van der Waals surface area contributed by atoms with E-state index in [1.165, 1.54) is 30.3 Å². The van der Waals surface area contributed by atoms with E-state index in [9.17, 15) is 22.8 Å². The van der Waals surface area contributed by atoms with E-state index in [1.807, 2.05) is 0 Å². The van der Waals surface area contributed by atoms with Gasteiger partial charge in [-0.25, -0.2) is 4.79 Å². The molecule has 0 saturated heterocycles. The van der Waals surface area contributed by atoms with Crippen molar-refractivity contribution in [3.05, 3.63) is 59.7 Å². The molecule has 0 spiro atoms. The topological polar surface area (TPSA) is 84.2 Å². The van der Waals surface area contributed by atoms with E-state index >= 15 is 0 Å². The molecule has 0 aliphatic rings. The van der Waals surface area contributed by atoms with E-state index in [0.717, 1.165) is 6.07 Å². The zero-order chi connectivity index (χ0) is 17.7. The number of hydrogen-bond acceptors (Lipinski definition) is 2. The number of benzene rings is 2. The normalized spacial score (nSPS) is 11.0. The Labute approximate surface area is 135 Å². The lowest BCUT2D eigenvalue weighted by Gasteiger charge is -2.14. The SMILES string of the molecule is NC(=O)Cc1ccc(NC(=O)Nc2ccccc2C(F)(F)F)cc1. The molecule has 5 nitrogen and oxygen atoms in total. The molecule has 0 bridgehead atoms. The van der Waals surface area contributed by atoms with Crippen LogP contribution in [0.15, 0.2) is 48.5 Å². The van der Waals surface area contributed by atoms with Gasteiger partial charge >= 0.3 is 12.2 Å². The molecule has 0 saturated carbocycles. The minimum Gasteiger partial charge on any atom is -0.369 e. The Kier molecular flexibility index (Phi) is 5.08. The number of rotatable bonds is 4. The number of nitrogens with two attached hydrogens (primary N) is 1. The molecule has 0 aliphatic heterocycles. The molecular formula is C16H14F3N3O2. The van der Waals surface area contributed by atoms with Crippen LogP contribution >= 0.6 is 0 Å². The van der Waals surface area contributed by atoms with Gasteiger partial charge in [0.1, 0.15) is 0 Å². The maximum Gasteiger partial charge on any atom is 0.418 e. The Morgan fingerprint density at radius 2 is 1.58 bits per heavy atom. The molecule has 2 aromatic rings. The highest BCUT2D eigenvalue weighted by molar-refractivity contribution is 6.00. The average Bonchev–Trinajstić information content (AvgIpc) is 2.48. The van der Waals surface area contributed by atoms with Crippen molar-refractivity contribution in [2.24, 2.45) is 5.73 Å². The van der Waals surface area contributed by atoms with Gasteiger partial charge in [0.15, 0.2) is 0 Å². The zero-order valence-electron chi connectivity index (χ0n) is 12.4. The predicted octanol–water partition coefficient (Wildman–Crippen LogP) is 3.38. The largest absolute Gasteiger partial charge is 0.418 e. The van der Waals surface area contributed by atoms with Gasteiger partial charge in [-0.3, -0.25) is 4.79 Å². The molecule has 0 radical (unpaired) electrons. The second kappa shape index (κ2) is 7.03. The standard InChI is InChI=1S/C16H14F3N3O2/c17-16(18,19)12-3-1-2-4-13(12)22-15(24)21-11-7-5-10(6-8-11)9-14(20)23/h1-8H,9H2,(H2,20,23)(H2,21,22,24). The first kappa shape index (κ1) is 17.3. The summed E-state index contributed by atoms with van der Waals surface area (Å²) in [4.78, 5) is 22.7. The van der Waals surface area contributed by atoms with Crippen molar-refractivity contribution in [3.63, 3.8) is 0 Å². The number of carbonyl (C=O) groups is 2. The van der Waals surface area contributed by atoms with Gasteiger partial charge in [0.2, 0.25) is 5.91 Å². The smallest absolute Gasteiger partial charge is 0.369 e. The fourth-order valence-corrected chi connectivity index (χ4v) is 2.03. The highest BCUT2D eigenvalue weighted by Crippen LogP contribution is 2.34. The van der Waals surface area contributed by atoms with Gasteiger partial charge in [0.05, 0.1) is 17.7 Å². The van der Waals surface area contributed by atoms with Crippen molar-refractivity contribution in [3.8, 4) is 0 Å². The molecule has 2 aromatic carbocycles. The van der Waals surface area contributed by atoms with E-state index in [2.05, 4.69) is 10.6 Å². The molecule has 3 amide bonds. The molecule has 0 aromatic heterocycles. The highest BCUT2D eigenvalue weighted by atomic mass is 19.4. The third-order valence-electron chi connectivity index (χ3n) is 3.07. The molecule has 126 valence electrons. The number of urea groups is 1. The van der Waals surface area contributed by atoms with E-state index in [1.54, 1.807) is 12.1 Å². The average molecular weight is 337 g/mol. The number of amides is 3. The third kappa shape index (κ3) is 4.73. The summed E-state index contributed by atoms with van der Waals surface area (Å²) in [5.74, 6) is -0.489. The van der Waals surface area contributed by atoms with Crippen LogP contribution in [0.25, 0.3) is 0 Å². The number of carbonyl (C=O) groups excluding carboxylic acids is 2. The van der Waals surface area contributed by atoms with Crippen LogP contribution in [-0.2, 0) is 17.4 Å². The summed E-state index contributed by atoms with van der Waals surface area (Å²) in [7, 11) is 0. The molecule has 0 fully saturated rings. The van der Waals surface area contributed by atoms with Crippen molar-refractivity contribution in [1.82, 2.24) is 0 Å². The maximum absolute atomic E-state index is 12.9. The fourth-order valence-electron chi connectivity index (χ4n) is 2.03. The monoisotopic (exact) mass is 337 g/mol. The minimum atomic E-state index is -4.57. The minimum absolute atomic E-state index is 0.0609. The first-order valence-electron chi connectivity index (χ1n) is 6.87. The molecule has 2 rings (SSSR count). The van der Waals surface area contributed by atoms with Crippen LogP contribution in [0.4, 0.5) is 29.3 Å². The summed E-state index contributed by atoms with van der Waals surface area (Å²) in [6.07, 6.45) is -4.51. The lowest BCUT2D eigenvalue weighted by molar-refractivity contribution is -0.136. The first-order valence-corrected chi connectivity index (χ1v) is 6.87. The summed E-state index contributed by atoms with van der Waals surface area (Å²) in [5.41, 5.74) is 4.82. The Morgan fingerprint density at radius 3 is 2.17 bits per heavy atom. The number of alkyl halides is 3. The van der Waals surface area contributed by atoms with Crippen LogP contribution < -0.4 is 16.4 Å². The lowest BCUT2D eigenvalue weighted by Crippen LogP contribution is -2.21. The Morgan fingerprint density at radius 1 is 0.958 bits per heavy atom. The summed E-state index contributed by atoms with van der Waals surface area (Å²) < 4.78 is 38.6. The quantitative estimate of drug-likeness (QED) is 0.799. The highest BCUT2D eigenvalue weighted by Gasteiger charge is 2.33. The number of hydrogen-bond donors (Lipinski definition) is 3. The van der Waals surface area contributed by atoms with E-state index in [-0.39, 0.29) is 12.1 Å². The van der Waals surface area contributed by atoms with Crippen molar-refractivity contribution in [2.75, 3.05) is 10.6 Å². The van der Waals surface area contributed by atoms with Crippen LogP contribution in [0.5, 0.6) is 0 Å². The van der Waals surface area contributed by atoms with Crippen LogP contribution in [0, 0.1) is 0 Å². The molecule has 8 heteroatoms. The van der Waals surface area contributed by atoms with Crippen molar-refractivity contribution in [1.29, 1.82) is 0 Å². The van der Waals surface area contributed by atoms with Gasteiger partial charge in [0, 0.05) is 5.69 Å². The van der Waals surface area contributed by atoms with Gasteiger partial charge in [-0.2, -0.15) is 13.2 Å². The summed E-state index contributed by atoms with van der Waals surface area (Å²) in [6.45, 7) is 0. The first-order chi connectivity index (χ1) is 11.3. The van der Waals surface area contributed by atoms with Crippen LogP contribution in [0.3, 0.4) is 0 Å². The fraction of sp³-hybridized carbons (Fsp3) is 0.125. The van der Waals surface area contributed by atoms with Crippen LogP contribution in [-0.4, -0.2) is 11.9 Å². The molecule has 24 heavy (non-hydrogen) atoms. The van der Waals surface area contributed by atoms with E-state index < -0.39 is 23.7 Å². The molecule has 0 unspecified atom stereocenters. The number of nitrogens with one attached hydrogen (secondary N) is 2. The van der Waals surface area contributed by atoms with E-state index in [0.29, 0.717) is 11.3 Å². The van der Waals surface area contributed by atoms with Crippen molar-refractivity contribution in [2.45, 2.75) is 12.6 Å². The molecule has 0 atom stereocenters. The predicted molar refractivity (Wildman–Crippen MR) is 83.4 cm³/mol. The number of para-hydroxylation sites is 1. The van der Waals surface area contributed by atoms with Crippen molar-refractivity contribution >= 4 is 23.3 Å². The number of anilines is 2. The summed E-state index contributed by atoms with van der Waals surface area (Å²) in [6, 6.07) is 10.1. The molecule has 0 aliphatic carbocycles. The number of primary amides is 1. The molecule has 4 N–H and O–H groups in total. The van der Waals surface area contributed by atoms with Crippen molar-refractivity contribution < 1.29 is 22.8 Å². The number of halogens is 3. The molecular weight excluding hydrogens is 323 g/mol. The van der Waals surface area contributed by atoms with Crippen LogP contribution in [0.1, 0.15) is 11.1 Å². The Balaban J connectivity index is 2.05. The second-order valence-corrected chi connectivity index (χ2v) is 4.96. The third-order valence-corrected chi connectivity index (χ3v) is 3.07. The van der Waals surface area contributed by atoms with Gasteiger partial charge in [-0.1, -0.05) is 24.3 Å². The lowest BCUT2D eigenvalue weighted by atomic mass is 10.1. The zero-order valence-corrected chi connectivity index (χ0v) is 12.4. The van der Waals surface area contributed by atoms with Gasteiger partial charge in [-0.15, -0.1) is 0 Å². The van der Waals surface area contributed by atoms with E-state index in [4.69, 9.17) is 5.73 Å². The maximum atomic E-state index is 12.9. The van der Waals surface area contributed by atoms with Gasteiger partial charge < -0.3 is 16.4 Å². The van der Waals surface area contributed by atoms with Gasteiger partial charge in [0.25, 0.3) is 0 Å².